The number of halogens is 1. The molecule has 0 saturated carbocycles. The Labute approximate surface area is 110 Å². The van der Waals surface area contributed by atoms with Crippen LogP contribution in [0.5, 0.6) is 0 Å². The van der Waals surface area contributed by atoms with E-state index in [9.17, 15) is 0 Å². The molecule has 1 aromatic heterocycles. The van der Waals surface area contributed by atoms with Crippen molar-refractivity contribution in [2.45, 2.75) is 6.42 Å². The Balaban J connectivity index is 2.44. The summed E-state index contributed by atoms with van der Waals surface area (Å²) in [7, 11) is 0. The van der Waals surface area contributed by atoms with Crippen LogP contribution in [-0.4, -0.2) is 4.98 Å². The van der Waals surface area contributed by atoms with E-state index in [0.717, 1.165) is 5.56 Å². The van der Waals surface area contributed by atoms with Crippen LogP contribution < -0.4 is 0 Å². The summed E-state index contributed by atoms with van der Waals surface area (Å²) in [6.07, 6.45) is 0.424. The fourth-order valence-electron chi connectivity index (χ4n) is 1.68. The third-order valence-electron chi connectivity index (χ3n) is 2.56. The summed E-state index contributed by atoms with van der Waals surface area (Å²) in [5.41, 5.74) is 2.49. The van der Waals surface area contributed by atoms with Gasteiger partial charge in [0.05, 0.1) is 22.9 Å². The zero-order valence-corrected chi connectivity index (χ0v) is 10.1. The molecule has 18 heavy (non-hydrogen) atoms. The number of aromatic nitrogens is 1. The quantitative estimate of drug-likeness (QED) is 0.773. The van der Waals surface area contributed by atoms with Crippen LogP contribution in [0.2, 0.25) is 5.15 Å². The highest BCUT2D eigenvalue weighted by molar-refractivity contribution is 6.29. The Hall–Kier alpha value is -2.36. The SMILES string of the molecule is N#Cc1ccccc1Cc1nc(Cl)ccc1C#N. The molecule has 0 bridgehead atoms. The number of hydrogen-bond acceptors (Lipinski definition) is 3. The van der Waals surface area contributed by atoms with Crippen LogP contribution in [0.3, 0.4) is 0 Å². The van der Waals surface area contributed by atoms with E-state index in [-0.39, 0.29) is 0 Å². The second kappa shape index (κ2) is 5.31. The zero-order valence-electron chi connectivity index (χ0n) is 9.39. The van der Waals surface area contributed by atoms with E-state index in [0.29, 0.717) is 28.4 Å². The molecule has 2 aromatic rings. The predicted octanol–water partition coefficient (Wildman–Crippen LogP) is 3.07. The summed E-state index contributed by atoms with van der Waals surface area (Å²) in [4.78, 5) is 4.15. The van der Waals surface area contributed by atoms with Crippen molar-refractivity contribution in [1.29, 1.82) is 10.5 Å². The van der Waals surface area contributed by atoms with E-state index in [2.05, 4.69) is 17.1 Å². The maximum absolute atomic E-state index is 9.02. The van der Waals surface area contributed by atoms with Gasteiger partial charge in [-0.3, -0.25) is 0 Å². The minimum atomic E-state index is 0.346. The van der Waals surface area contributed by atoms with Crippen molar-refractivity contribution in [3.63, 3.8) is 0 Å². The summed E-state index contributed by atoms with van der Waals surface area (Å²) in [5.74, 6) is 0. The number of hydrogen-bond donors (Lipinski definition) is 0. The summed E-state index contributed by atoms with van der Waals surface area (Å²) in [5, 5.41) is 18.4. The largest absolute Gasteiger partial charge is 0.239 e. The van der Waals surface area contributed by atoms with Gasteiger partial charge in [-0.2, -0.15) is 10.5 Å². The van der Waals surface area contributed by atoms with Crippen molar-refractivity contribution in [2.75, 3.05) is 0 Å². The molecule has 1 heterocycles. The van der Waals surface area contributed by atoms with E-state index in [1.54, 1.807) is 24.3 Å². The Kier molecular flexibility index (Phi) is 3.57. The van der Waals surface area contributed by atoms with Gasteiger partial charge in [0.15, 0.2) is 0 Å². The van der Waals surface area contributed by atoms with Gasteiger partial charge in [0.1, 0.15) is 11.2 Å². The van der Waals surface area contributed by atoms with Crippen LogP contribution in [0.25, 0.3) is 0 Å². The minimum Gasteiger partial charge on any atom is -0.239 e. The normalized spacial score (nSPS) is 9.50. The van der Waals surface area contributed by atoms with E-state index >= 15 is 0 Å². The molecule has 0 atom stereocenters. The van der Waals surface area contributed by atoms with Crippen molar-refractivity contribution >= 4 is 11.6 Å². The lowest BCUT2D eigenvalue weighted by molar-refractivity contribution is 1.06. The van der Waals surface area contributed by atoms with Crippen LogP contribution in [0.4, 0.5) is 0 Å². The lowest BCUT2D eigenvalue weighted by Crippen LogP contribution is -1.98. The average molecular weight is 254 g/mol. The molecule has 0 aliphatic carbocycles. The maximum atomic E-state index is 9.02. The lowest BCUT2D eigenvalue weighted by atomic mass is 10.0. The fourth-order valence-corrected chi connectivity index (χ4v) is 1.84. The number of nitrogens with zero attached hydrogens (tertiary/aromatic N) is 3. The second-order valence-electron chi connectivity index (χ2n) is 3.69. The maximum Gasteiger partial charge on any atom is 0.129 e. The first kappa shape index (κ1) is 12.1. The molecule has 0 amide bonds. The average Bonchev–Trinajstić information content (AvgIpc) is 2.40. The third kappa shape index (κ3) is 2.48. The Bertz CT molecular complexity index is 665. The van der Waals surface area contributed by atoms with Crippen LogP contribution in [0, 0.1) is 22.7 Å². The van der Waals surface area contributed by atoms with Gasteiger partial charge in [-0.1, -0.05) is 29.8 Å². The van der Waals surface area contributed by atoms with Crippen LogP contribution in [-0.2, 0) is 6.42 Å². The van der Waals surface area contributed by atoms with Crippen LogP contribution in [0.1, 0.15) is 22.4 Å². The topological polar surface area (TPSA) is 60.5 Å². The number of benzene rings is 1. The predicted molar refractivity (Wildman–Crippen MR) is 67.9 cm³/mol. The molecule has 0 aliphatic heterocycles. The highest BCUT2D eigenvalue weighted by atomic mass is 35.5. The smallest absolute Gasteiger partial charge is 0.129 e. The van der Waals surface area contributed by atoms with E-state index in [1.165, 1.54) is 0 Å². The Morgan fingerprint density at radius 1 is 1.00 bits per heavy atom. The number of pyridine rings is 1. The molecule has 0 radical (unpaired) electrons. The first-order chi connectivity index (χ1) is 8.74. The van der Waals surface area contributed by atoms with Crippen LogP contribution in [0.15, 0.2) is 36.4 Å². The van der Waals surface area contributed by atoms with Gasteiger partial charge >= 0.3 is 0 Å². The Morgan fingerprint density at radius 3 is 2.44 bits per heavy atom. The van der Waals surface area contributed by atoms with E-state index < -0.39 is 0 Å². The van der Waals surface area contributed by atoms with Crippen molar-refractivity contribution in [3.05, 3.63) is 63.9 Å². The van der Waals surface area contributed by atoms with Crippen molar-refractivity contribution in [2.24, 2.45) is 0 Å². The monoisotopic (exact) mass is 253 g/mol. The van der Waals surface area contributed by atoms with Crippen molar-refractivity contribution in [1.82, 2.24) is 4.98 Å². The van der Waals surface area contributed by atoms with Gasteiger partial charge in [-0.25, -0.2) is 4.98 Å². The molecule has 0 spiro atoms. The summed E-state index contributed by atoms with van der Waals surface area (Å²) >= 11 is 5.83. The summed E-state index contributed by atoms with van der Waals surface area (Å²) in [6.45, 7) is 0. The minimum absolute atomic E-state index is 0.346. The second-order valence-corrected chi connectivity index (χ2v) is 4.07. The summed E-state index contributed by atoms with van der Waals surface area (Å²) in [6, 6.07) is 14.7. The van der Waals surface area contributed by atoms with Gasteiger partial charge in [0.2, 0.25) is 0 Å². The number of nitriles is 2. The molecule has 86 valence electrons. The number of rotatable bonds is 2. The van der Waals surface area contributed by atoms with E-state index in [1.807, 2.05) is 12.1 Å². The van der Waals surface area contributed by atoms with Gasteiger partial charge < -0.3 is 0 Å². The van der Waals surface area contributed by atoms with Crippen molar-refractivity contribution < 1.29 is 0 Å². The molecule has 0 fully saturated rings. The van der Waals surface area contributed by atoms with Gasteiger partial charge in [0.25, 0.3) is 0 Å². The molecule has 0 saturated heterocycles. The summed E-state index contributed by atoms with van der Waals surface area (Å²) < 4.78 is 0. The molecule has 0 aliphatic rings. The van der Waals surface area contributed by atoms with E-state index in [4.69, 9.17) is 22.1 Å². The molecular formula is C14H8ClN3. The van der Waals surface area contributed by atoms with Gasteiger partial charge in [-0.15, -0.1) is 0 Å². The first-order valence-electron chi connectivity index (χ1n) is 5.28. The molecule has 3 nitrogen and oxygen atoms in total. The van der Waals surface area contributed by atoms with Crippen molar-refractivity contribution in [3.8, 4) is 12.1 Å². The molecular weight excluding hydrogens is 246 g/mol. The fraction of sp³-hybridized carbons (Fsp3) is 0.0714. The molecule has 1 aromatic carbocycles. The lowest BCUT2D eigenvalue weighted by Gasteiger charge is -2.05. The van der Waals surface area contributed by atoms with Gasteiger partial charge in [0, 0.05) is 6.42 Å². The standard InChI is InChI=1S/C14H8ClN3/c15-14-6-5-12(9-17)13(18-14)7-10-3-1-2-4-11(10)8-16/h1-6H,7H2. The van der Waals surface area contributed by atoms with Gasteiger partial charge in [-0.05, 0) is 23.8 Å². The Morgan fingerprint density at radius 2 is 1.72 bits per heavy atom. The molecule has 2 rings (SSSR count). The highest BCUT2D eigenvalue weighted by Gasteiger charge is 2.08. The third-order valence-corrected chi connectivity index (χ3v) is 2.77. The van der Waals surface area contributed by atoms with Crippen LogP contribution >= 0.6 is 11.6 Å². The first-order valence-corrected chi connectivity index (χ1v) is 5.66. The zero-order chi connectivity index (χ0) is 13.0. The molecule has 0 N–H and O–H groups in total. The molecule has 0 unspecified atom stereocenters. The highest BCUT2D eigenvalue weighted by Crippen LogP contribution is 2.17. The molecule has 4 heteroatoms.